The zero-order valence-electron chi connectivity index (χ0n) is 18.2. The molecule has 0 aliphatic carbocycles. The summed E-state index contributed by atoms with van der Waals surface area (Å²) in [4.78, 5) is 10.4. The number of hydrogen-bond donors (Lipinski definition) is 3. The van der Waals surface area contributed by atoms with Crippen molar-refractivity contribution in [2.75, 3.05) is 33.4 Å². The van der Waals surface area contributed by atoms with Crippen LogP contribution in [0, 0.1) is 0 Å². The molecule has 0 bridgehead atoms. The van der Waals surface area contributed by atoms with Gasteiger partial charge in [-0.2, -0.15) is 5.10 Å². The number of H-pyrrole nitrogens is 1. The zero-order valence-corrected chi connectivity index (χ0v) is 18.2. The first-order valence-electron chi connectivity index (χ1n) is 10.8. The Morgan fingerprint density at radius 1 is 1.22 bits per heavy atom. The van der Waals surface area contributed by atoms with Gasteiger partial charge in [-0.3, -0.25) is 9.91 Å². The van der Waals surface area contributed by atoms with Crippen molar-refractivity contribution in [3.8, 4) is 0 Å². The summed E-state index contributed by atoms with van der Waals surface area (Å²) in [5.41, 5.74) is 11.6. The van der Waals surface area contributed by atoms with E-state index in [9.17, 15) is 5.11 Å². The molecule has 1 fully saturated rings. The fraction of sp³-hybridized carbons (Fsp3) is 0.333. The number of imidazole rings is 1. The molecule has 0 saturated carbocycles. The largest absolute Gasteiger partial charge is 0.399 e. The minimum absolute atomic E-state index is 0.394. The molecule has 2 unspecified atom stereocenters. The van der Waals surface area contributed by atoms with Crippen molar-refractivity contribution >= 4 is 22.4 Å². The maximum absolute atomic E-state index is 11.1. The number of fused-ring (bicyclic) bond motifs is 1. The molecule has 0 spiro atoms. The summed E-state index contributed by atoms with van der Waals surface area (Å²) >= 11 is 0. The summed E-state index contributed by atoms with van der Waals surface area (Å²) in [6, 6.07) is 13.6. The zero-order chi connectivity index (χ0) is 22.2. The molecule has 5 rings (SSSR count). The van der Waals surface area contributed by atoms with Gasteiger partial charge in [0.05, 0.1) is 30.0 Å². The van der Waals surface area contributed by atoms with E-state index in [-0.39, 0.29) is 0 Å². The van der Waals surface area contributed by atoms with Gasteiger partial charge in [0.15, 0.2) is 0 Å². The van der Waals surface area contributed by atoms with Gasteiger partial charge in [-0.05, 0) is 23.3 Å². The Morgan fingerprint density at radius 2 is 1.97 bits per heavy atom. The minimum Gasteiger partial charge on any atom is -0.399 e. The van der Waals surface area contributed by atoms with Crippen molar-refractivity contribution in [3.05, 3.63) is 71.6 Å². The second kappa shape index (κ2) is 8.38. The average molecular weight is 433 g/mol. The normalized spacial score (nSPS) is 21.8. The number of hydrazone groups is 1. The van der Waals surface area contributed by atoms with E-state index in [1.807, 2.05) is 37.4 Å². The van der Waals surface area contributed by atoms with Gasteiger partial charge in [0.25, 0.3) is 0 Å². The van der Waals surface area contributed by atoms with E-state index in [0.717, 1.165) is 55.0 Å². The number of nitrogens with zero attached hydrogens (tertiary/aromatic N) is 4. The van der Waals surface area contributed by atoms with Crippen LogP contribution in [-0.4, -0.2) is 70.1 Å². The molecule has 32 heavy (non-hydrogen) atoms. The van der Waals surface area contributed by atoms with Gasteiger partial charge < -0.3 is 20.6 Å². The molecule has 2 atom stereocenters. The molecule has 1 aromatic heterocycles. The summed E-state index contributed by atoms with van der Waals surface area (Å²) in [5, 5.41) is 17.5. The molecule has 166 valence electrons. The van der Waals surface area contributed by atoms with Crippen molar-refractivity contribution < 1.29 is 9.84 Å². The Hall–Kier alpha value is -3.20. The molecule has 2 aliphatic heterocycles. The second-order valence-electron chi connectivity index (χ2n) is 8.41. The van der Waals surface area contributed by atoms with Gasteiger partial charge in [0.1, 0.15) is 18.0 Å². The summed E-state index contributed by atoms with van der Waals surface area (Å²) in [6.07, 6.45) is -0.797. The van der Waals surface area contributed by atoms with Crippen LogP contribution in [0.4, 0.5) is 0 Å². The van der Waals surface area contributed by atoms with Crippen molar-refractivity contribution in [2.45, 2.75) is 18.7 Å². The Bertz CT molecular complexity index is 1160. The fourth-order valence-corrected chi connectivity index (χ4v) is 4.37. The third-order valence-electron chi connectivity index (χ3n) is 6.16. The van der Waals surface area contributed by atoms with Gasteiger partial charge in [0, 0.05) is 37.9 Å². The Labute approximate surface area is 187 Å². The predicted octanol–water partition coefficient (Wildman–Crippen LogP) is 2.08. The van der Waals surface area contributed by atoms with Crippen molar-refractivity contribution in [3.63, 3.8) is 0 Å². The molecule has 3 aromatic rings. The van der Waals surface area contributed by atoms with Crippen LogP contribution < -0.4 is 5.73 Å². The highest BCUT2D eigenvalue weighted by Gasteiger charge is 2.38. The van der Waals surface area contributed by atoms with E-state index in [0.29, 0.717) is 17.2 Å². The number of nitrogens with two attached hydrogens (primary N) is 1. The molecule has 8 nitrogen and oxygen atoms in total. The number of nitrogens with one attached hydrogen (secondary N) is 1. The van der Waals surface area contributed by atoms with E-state index in [4.69, 9.17) is 10.5 Å². The molecule has 4 N–H and O–H groups in total. The van der Waals surface area contributed by atoms with E-state index in [1.165, 1.54) is 5.56 Å². The van der Waals surface area contributed by atoms with Crippen molar-refractivity contribution in [1.82, 2.24) is 19.9 Å². The highest BCUT2D eigenvalue weighted by Crippen LogP contribution is 2.32. The maximum atomic E-state index is 11.1. The highest BCUT2D eigenvalue weighted by molar-refractivity contribution is 6.05. The van der Waals surface area contributed by atoms with Crippen LogP contribution in [0.3, 0.4) is 0 Å². The lowest BCUT2D eigenvalue weighted by Gasteiger charge is -2.26. The van der Waals surface area contributed by atoms with Gasteiger partial charge in [-0.1, -0.05) is 36.9 Å². The van der Waals surface area contributed by atoms with E-state index >= 15 is 0 Å². The third-order valence-corrected chi connectivity index (χ3v) is 6.16. The van der Waals surface area contributed by atoms with Gasteiger partial charge >= 0.3 is 0 Å². The van der Waals surface area contributed by atoms with Gasteiger partial charge in [-0.15, -0.1) is 0 Å². The van der Waals surface area contributed by atoms with E-state index in [1.54, 1.807) is 5.01 Å². The number of hydrogen-bond acceptors (Lipinski definition) is 7. The Kier molecular flexibility index (Phi) is 5.42. The summed E-state index contributed by atoms with van der Waals surface area (Å²) in [6.45, 7) is 8.19. The first-order chi connectivity index (χ1) is 15.5. The first-order valence-corrected chi connectivity index (χ1v) is 10.8. The topological polar surface area (TPSA) is 103 Å². The molecular formula is C24H28N6O2. The summed E-state index contributed by atoms with van der Waals surface area (Å²) < 4.78 is 5.42. The van der Waals surface area contributed by atoms with Gasteiger partial charge in [-0.25, -0.2) is 4.98 Å². The maximum Gasteiger partial charge on any atom is 0.136 e. The summed E-state index contributed by atoms with van der Waals surface area (Å²) in [7, 11) is 1.86. The van der Waals surface area contributed by atoms with Crippen LogP contribution in [0.15, 0.2) is 54.1 Å². The van der Waals surface area contributed by atoms with Crippen LogP contribution in [-0.2, 0) is 11.3 Å². The third kappa shape index (κ3) is 3.88. The summed E-state index contributed by atoms with van der Waals surface area (Å²) in [5.74, 6) is 0.664. The molecule has 0 amide bonds. The van der Waals surface area contributed by atoms with Gasteiger partial charge in [0.2, 0.25) is 0 Å². The molecule has 3 heterocycles. The quantitative estimate of drug-likeness (QED) is 0.570. The van der Waals surface area contributed by atoms with E-state index in [2.05, 4.69) is 38.7 Å². The number of morpholine rings is 1. The predicted molar refractivity (Wildman–Crippen MR) is 125 cm³/mol. The monoisotopic (exact) mass is 432 g/mol. The van der Waals surface area contributed by atoms with Crippen LogP contribution in [0.25, 0.3) is 16.7 Å². The fourth-order valence-electron chi connectivity index (χ4n) is 4.37. The molecular weight excluding hydrogens is 404 g/mol. The van der Waals surface area contributed by atoms with Crippen molar-refractivity contribution in [2.24, 2.45) is 10.8 Å². The SMILES string of the molecule is C=C(N)c1ccc2nc(C3C(O)C(c4ccc(CN5CCOCC5)cc4)=NN3C)[nH]c2c1. The number of likely N-dealkylation sites (N-methyl/N-ethyl adjacent to an activating group) is 1. The number of aliphatic hydroxyl groups is 1. The lowest BCUT2D eigenvalue weighted by molar-refractivity contribution is 0.0342. The lowest BCUT2D eigenvalue weighted by atomic mass is 9.99. The lowest BCUT2D eigenvalue weighted by Crippen LogP contribution is -2.35. The second-order valence-corrected chi connectivity index (χ2v) is 8.41. The Balaban J connectivity index is 1.34. The smallest absolute Gasteiger partial charge is 0.136 e. The standard InChI is InChI=1S/C24H28N6O2/c1-15(25)18-7-8-19-20(13-18)27-24(26-19)22-23(31)21(28-29(22)2)17-5-3-16(4-6-17)14-30-9-11-32-12-10-30/h3-8,13,22-23,31H,1,9-12,14,25H2,2H3,(H,26,27). The Morgan fingerprint density at radius 3 is 2.69 bits per heavy atom. The number of benzene rings is 2. The molecule has 8 heteroatoms. The number of aromatic amines is 1. The molecule has 1 saturated heterocycles. The molecule has 2 aromatic carbocycles. The van der Waals surface area contributed by atoms with Crippen LogP contribution in [0.1, 0.15) is 28.6 Å². The number of aliphatic hydroxyl groups excluding tert-OH is 1. The number of aromatic nitrogens is 2. The number of ether oxygens (including phenoxy) is 1. The van der Waals surface area contributed by atoms with E-state index < -0.39 is 12.1 Å². The highest BCUT2D eigenvalue weighted by atomic mass is 16.5. The molecule has 0 radical (unpaired) electrons. The van der Waals surface area contributed by atoms with Crippen LogP contribution in [0.5, 0.6) is 0 Å². The average Bonchev–Trinajstić information content (AvgIpc) is 3.34. The van der Waals surface area contributed by atoms with Crippen LogP contribution >= 0.6 is 0 Å². The molecule has 2 aliphatic rings. The number of rotatable bonds is 5. The minimum atomic E-state index is -0.797. The van der Waals surface area contributed by atoms with Crippen molar-refractivity contribution in [1.29, 1.82) is 0 Å². The van der Waals surface area contributed by atoms with Crippen LogP contribution in [0.2, 0.25) is 0 Å². The first kappa shape index (κ1) is 20.7.